The molecule has 0 aliphatic carbocycles. The fraction of sp³-hybridized carbons (Fsp3) is 0.619. The van der Waals surface area contributed by atoms with Gasteiger partial charge in [0.05, 0.1) is 58.4 Å². The quantitative estimate of drug-likeness (QED) is 0.268. The van der Waals surface area contributed by atoms with Crippen LogP contribution in [0.1, 0.15) is 30.1 Å². The van der Waals surface area contributed by atoms with E-state index in [1.54, 1.807) is 24.3 Å². The predicted molar refractivity (Wildman–Crippen MR) is 106 cm³/mol. The molecule has 1 aromatic rings. The molecule has 0 N–H and O–H groups in total. The molecule has 0 spiro atoms. The minimum absolute atomic E-state index is 0.193. The van der Waals surface area contributed by atoms with Gasteiger partial charge in [-0.1, -0.05) is 25.1 Å². The first kappa shape index (κ1) is 25.0. The molecule has 8 heteroatoms. The molecule has 0 atom stereocenters. The second-order valence-electron chi connectivity index (χ2n) is 5.92. The van der Waals surface area contributed by atoms with Gasteiger partial charge in [-0.2, -0.15) is 0 Å². The Morgan fingerprint density at radius 3 is 1.59 bits per heavy atom. The first-order valence-electron chi connectivity index (χ1n) is 9.92. The highest BCUT2D eigenvalue weighted by Crippen LogP contribution is 2.00. The largest absolute Gasteiger partial charge is 0.463 e. The van der Waals surface area contributed by atoms with Crippen molar-refractivity contribution in [2.24, 2.45) is 0 Å². The van der Waals surface area contributed by atoms with E-state index in [-0.39, 0.29) is 25.2 Å². The Kier molecular flexibility index (Phi) is 15.6. The van der Waals surface area contributed by atoms with Crippen LogP contribution in [-0.2, 0) is 33.2 Å². The first-order chi connectivity index (χ1) is 14.2. The van der Waals surface area contributed by atoms with Crippen molar-refractivity contribution >= 4 is 11.9 Å². The van der Waals surface area contributed by atoms with E-state index in [4.69, 9.17) is 28.4 Å². The first-order valence-corrected chi connectivity index (χ1v) is 9.92. The Hall–Kier alpha value is -2.00. The summed E-state index contributed by atoms with van der Waals surface area (Å²) in [5.74, 6) is -0.550. The lowest BCUT2D eigenvalue weighted by atomic mass is 10.2. The summed E-state index contributed by atoms with van der Waals surface area (Å²) in [6, 6.07) is 8.82. The fourth-order valence-corrected chi connectivity index (χ4v) is 2.10. The summed E-state index contributed by atoms with van der Waals surface area (Å²) in [4.78, 5) is 22.8. The maximum Gasteiger partial charge on any atom is 0.338 e. The molecule has 1 aromatic carbocycles. The molecule has 0 saturated heterocycles. The van der Waals surface area contributed by atoms with Crippen LogP contribution in [-0.4, -0.2) is 78.0 Å². The molecule has 0 aromatic heterocycles. The van der Waals surface area contributed by atoms with Crippen LogP contribution in [0.15, 0.2) is 30.3 Å². The van der Waals surface area contributed by atoms with Gasteiger partial charge in [0.25, 0.3) is 0 Å². The lowest BCUT2D eigenvalue weighted by Gasteiger charge is -2.08. The van der Waals surface area contributed by atoms with E-state index < -0.39 is 0 Å². The lowest BCUT2D eigenvalue weighted by Crippen LogP contribution is -2.15. The average Bonchev–Trinajstić information content (AvgIpc) is 2.74. The van der Waals surface area contributed by atoms with Gasteiger partial charge >= 0.3 is 11.9 Å². The van der Waals surface area contributed by atoms with Gasteiger partial charge < -0.3 is 28.4 Å². The molecule has 0 fully saturated rings. The highest BCUT2D eigenvalue weighted by Gasteiger charge is 2.05. The number of carbonyl (C=O) groups is 2. The highest BCUT2D eigenvalue weighted by molar-refractivity contribution is 5.89. The van der Waals surface area contributed by atoms with Crippen molar-refractivity contribution in [3.05, 3.63) is 35.9 Å². The number of benzene rings is 1. The van der Waals surface area contributed by atoms with E-state index in [1.807, 2.05) is 13.0 Å². The molecule has 0 bridgehead atoms. The number of carbonyl (C=O) groups excluding carboxylic acids is 2. The zero-order valence-corrected chi connectivity index (χ0v) is 17.1. The van der Waals surface area contributed by atoms with E-state index in [0.717, 1.165) is 6.42 Å². The van der Waals surface area contributed by atoms with Crippen molar-refractivity contribution in [2.45, 2.75) is 19.8 Å². The van der Waals surface area contributed by atoms with Crippen molar-refractivity contribution in [1.82, 2.24) is 0 Å². The molecule has 0 aliphatic heterocycles. The van der Waals surface area contributed by atoms with Crippen LogP contribution >= 0.6 is 0 Å². The summed E-state index contributed by atoms with van der Waals surface area (Å²) in [7, 11) is 0. The molecule has 0 saturated carbocycles. The standard InChI is InChI=1S/C21H32O8/c1-2-6-20(22)28-17-15-26-13-11-24-9-10-25-12-14-27-16-18-29-21(23)19-7-4-3-5-8-19/h3-5,7-8H,2,6,9-18H2,1H3. The summed E-state index contributed by atoms with van der Waals surface area (Å²) in [6.45, 7) is 5.77. The average molecular weight is 412 g/mol. The van der Waals surface area contributed by atoms with Crippen molar-refractivity contribution in [3.63, 3.8) is 0 Å². The third-order valence-electron chi connectivity index (χ3n) is 3.53. The number of esters is 2. The minimum atomic E-state index is -0.357. The Bertz CT molecular complexity index is 535. The van der Waals surface area contributed by atoms with Crippen LogP contribution < -0.4 is 0 Å². The van der Waals surface area contributed by atoms with E-state index >= 15 is 0 Å². The highest BCUT2D eigenvalue weighted by atomic mass is 16.6. The van der Waals surface area contributed by atoms with Crippen LogP contribution in [0.5, 0.6) is 0 Å². The molecule has 0 radical (unpaired) electrons. The molecule has 29 heavy (non-hydrogen) atoms. The lowest BCUT2D eigenvalue weighted by molar-refractivity contribution is -0.145. The Morgan fingerprint density at radius 1 is 0.655 bits per heavy atom. The van der Waals surface area contributed by atoms with Crippen LogP contribution in [0.25, 0.3) is 0 Å². The second-order valence-corrected chi connectivity index (χ2v) is 5.92. The Labute approximate surface area is 172 Å². The van der Waals surface area contributed by atoms with Crippen molar-refractivity contribution < 1.29 is 38.0 Å². The summed E-state index contributed by atoms with van der Waals surface area (Å²) in [5, 5.41) is 0. The summed E-state index contributed by atoms with van der Waals surface area (Å²) < 4.78 is 31.4. The van der Waals surface area contributed by atoms with Gasteiger partial charge in [-0.3, -0.25) is 4.79 Å². The fourth-order valence-electron chi connectivity index (χ4n) is 2.10. The molecule has 0 amide bonds. The molecule has 0 unspecified atom stereocenters. The molecule has 1 rings (SSSR count). The van der Waals surface area contributed by atoms with Gasteiger partial charge in [0.15, 0.2) is 0 Å². The van der Waals surface area contributed by atoms with E-state index in [1.165, 1.54) is 0 Å². The number of rotatable bonds is 18. The zero-order chi connectivity index (χ0) is 21.0. The molecular weight excluding hydrogens is 380 g/mol. The van der Waals surface area contributed by atoms with Crippen LogP contribution in [0, 0.1) is 0 Å². The predicted octanol–water partition coefficient (Wildman–Crippen LogP) is 2.25. The van der Waals surface area contributed by atoms with E-state index in [0.29, 0.717) is 64.8 Å². The van der Waals surface area contributed by atoms with Crippen LogP contribution in [0.4, 0.5) is 0 Å². The molecule has 164 valence electrons. The van der Waals surface area contributed by atoms with Crippen LogP contribution in [0.2, 0.25) is 0 Å². The van der Waals surface area contributed by atoms with Crippen molar-refractivity contribution in [1.29, 1.82) is 0 Å². The van der Waals surface area contributed by atoms with Crippen molar-refractivity contribution in [2.75, 3.05) is 66.1 Å². The third-order valence-corrected chi connectivity index (χ3v) is 3.53. The smallest absolute Gasteiger partial charge is 0.338 e. The summed E-state index contributed by atoms with van der Waals surface area (Å²) in [5.41, 5.74) is 0.525. The summed E-state index contributed by atoms with van der Waals surface area (Å²) >= 11 is 0. The minimum Gasteiger partial charge on any atom is -0.463 e. The van der Waals surface area contributed by atoms with Crippen molar-refractivity contribution in [3.8, 4) is 0 Å². The topological polar surface area (TPSA) is 89.5 Å². The molecule has 8 nitrogen and oxygen atoms in total. The monoisotopic (exact) mass is 412 g/mol. The van der Waals surface area contributed by atoms with Gasteiger partial charge in [-0.05, 0) is 18.6 Å². The number of ether oxygens (including phenoxy) is 6. The molecule has 0 aliphatic rings. The third kappa shape index (κ3) is 14.6. The van der Waals surface area contributed by atoms with E-state index in [9.17, 15) is 9.59 Å². The maximum atomic E-state index is 11.7. The number of hydrogen-bond donors (Lipinski definition) is 0. The van der Waals surface area contributed by atoms with Gasteiger partial charge in [0.2, 0.25) is 0 Å². The zero-order valence-electron chi connectivity index (χ0n) is 17.1. The van der Waals surface area contributed by atoms with Gasteiger partial charge in [0.1, 0.15) is 13.2 Å². The second kappa shape index (κ2) is 18.1. The Balaban J connectivity index is 1.76. The normalized spacial score (nSPS) is 10.7. The van der Waals surface area contributed by atoms with Gasteiger partial charge in [-0.15, -0.1) is 0 Å². The van der Waals surface area contributed by atoms with Gasteiger partial charge in [-0.25, -0.2) is 4.79 Å². The SMILES string of the molecule is CCCC(=O)OCCOCCOCCOCCOCCOC(=O)c1ccccc1. The Morgan fingerprint density at radius 2 is 1.10 bits per heavy atom. The molecular formula is C21H32O8. The number of hydrogen-bond acceptors (Lipinski definition) is 8. The van der Waals surface area contributed by atoms with Gasteiger partial charge in [0, 0.05) is 6.42 Å². The maximum absolute atomic E-state index is 11.7. The summed E-state index contributed by atoms with van der Waals surface area (Å²) in [6.07, 6.45) is 1.22. The van der Waals surface area contributed by atoms with Crippen LogP contribution in [0.3, 0.4) is 0 Å². The van der Waals surface area contributed by atoms with E-state index in [2.05, 4.69) is 0 Å². The molecule has 0 heterocycles.